The first kappa shape index (κ1) is 40.0. The number of hydrogen-bond donors (Lipinski definition) is 2. The zero-order valence-electron chi connectivity index (χ0n) is 32.9. The molecule has 4 amide bonds. The monoisotopic (exact) mass is 857 g/mol. The molecule has 13 heteroatoms. The van der Waals surface area contributed by atoms with Crippen LogP contribution in [0.3, 0.4) is 0 Å². The molecular weight excluding hydrogens is 820 g/mol. The number of rotatable bonds is 9. The van der Waals surface area contributed by atoms with Crippen LogP contribution in [0.2, 0.25) is 10.0 Å². The number of amides is 4. The third-order valence-electron chi connectivity index (χ3n) is 12.6. The van der Waals surface area contributed by atoms with E-state index in [1.165, 1.54) is 41.3 Å². The number of carbonyl (C=O) groups is 4. The van der Waals surface area contributed by atoms with Crippen molar-refractivity contribution >= 4 is 70.4 Å². The van der Waals surface area contributed by atoms with Crippen molar-refractivity contribution in [3.63, 3.8) is 0 Å². The third-order valence-corrected chi connectivity index (χ3v) is 13.2. The summed E-state index contributed by atoms with van der Waals surface area (Å²) in [6, 6.07) is 29.1. The van der Waals surface area contributed by atoms with E-state index in [2.05, 4.69) is 5.43 Å². The number of aromatic hydroxyl groups is 1. The lowest BCUT2D eigenvalue weighted by molar-refractivity contribution is -0.138. The van der Waals surface area contributed by atoms with E-state index in [-0.39, 0.29) is 29.5 Å². The molecule has 2 heterocycles. The van der Waals surface area contributed by atoms with Crippen LogP contribution in [0.4, 0.5) is 15.8 Å². The van der Waals surface area contributed by atoms with Gasteiger partial charge in [-0.1, -0.05) is 77.3 Å². The van der Waals surface area contributed by atoms with Crippen LogP contribution in [0.15, 0.2) is 121 Å². The Morgan fingerprint density at radius 2 is 1.54 bits per heavy atom. The Labute approximate surface area is 360 Å². The van der Waals surface area contributed by atoms with Crippen molar-refractivity contribution in [2.75, 3.05) is 24.5 Å². The first-order valence-electron chi connectivity index (χ1n) is 19.7. The highest BCUT2D eigenvalue weighted by atomic mass is 35.5. The zero-order chi connectivity index (χ0) is 42.7. The molecule has 6 atom stereocenters. The van der Waals surface area contributed by atoms with Crippen LogP contribution in [-0.4, -0.2) is 48.0 Å². The van der Waals surface area contributed by atoms with Gasteiger partial charge in [0.2, 0.25) is 11.8 Å². The van der Waals surface area contributed by atoms with Gasteiger partial charge in [-0.15, -0.1) is 0 Å². The van der Waals surface area contributed by atoms with Gasteiger partial charge in [0.15, 0.2) is 0 Å². The molecule has 2 aliphatic heterocycles. The molecule has 61 heavy (non-hydrogen) atoms. The van der Waals surface area contributed by atoms with Crippen LogP contribution < -0.4 is 19.8 Å². The summed E-state index contributed by atoms with van der Waals surface area (Å²) in [4.78, 5) is 60.6. The molecule has 1 saturated carbocycles. The van der Waals surface area contributed by atoms with E-state index in [1.807, 2.05) is 48.6 Å². The second kappa shape index (κ2) is 15.6. The van der Waals surface area contributed by atoms with Crippen molar-refractivity contribution < 1.29 is 38.1 Å². The normalized spacial score (nSPS) is 24.4. The minimum Gasteiger partial charge on any atom is -0.508 e. The Kier molecular flexibility index (Phi) is 10.2. The third kappa shape index (κ3) is 6.54. The van der Waals surface area contributed by atoms with E-state index in [0.717, 1.165) is 16.1 Å². The van der Waals surface area contributed by atoms with Gasteiger partial charge in [0.25, 0.3) is 11.8 Å². The largest absolute Gasteiger partial charge is 0.508 e. The molecule has 2 aliphatic carbocycles. The highest BCUT2D eigenvalue weighted by Crippen LogP contribution is 2.65. The van der Waals surface area contributed by atoms with Crippen molar-refractivity contribution in [2.45, 2.75) is 24.2 Å². The fourth-order valence-electron chi connectivity index (χ4n) is 9.89. The minimum atomic E-state index is -1.62. The number of halogens is 3. The van der Waals surface area contributed by atoms with Crippen LogP contribution in [0.1, 0.15) is 41.0 Å². The Hall–Kier alpha value is -6.43. The number of imide groups is 2. The van der Waals surface area contributed by atoms with Crippen LogP contribution in [-0.2, 0) is 24.6 Å². The number of methoxy groups -OCH3 is 2. The van der Waals surface area contributed by atoms with E-state index in [1.54, 1.807) is 56.7 Å². The zero-order valence-corrected chi connectivity index (χ0v) is 34.4. The number of nitrogens with one attached hydrogen (secondary N) is 1. The van der Waals surface area contributed by atoms with Gasteiger partial charge >= 0.3 is 0 Å². The summed E-state index contributed by atoms with van der Waals surface area (Å²) in [5.74, 6) is -5.35. The number of benzene rings is 5. The van der Waals surface area contributed by atoms with E-state index < -0.39 is 58.5 Å². The van der Waals surface area contributed by atoms with E-state index in [4.69, 9.17) is 32.7 Å². The van der Waals surface area contributed by atoms with Crippen molar-refractivity contribution in [3.8, 4) is 17.2 Å². The topological polar surface area (TPSA) is 125 Å². The van der Waals surface area contributed by atoms with E-state index in [9.17, 15) is 23.9 Å². The molecular formula is C48H38Cl2FN3O7. The lowest BCUT2D eigenvalue weighted by Gasteiger charge is -2.50. The molecule has 5 aromatic rings. The van der Waals surface area contributed by atoms with Gasteiger partial charge in [-0.3, -0.25) is 29.5 Å². The maximum atomic E-state index is 15.3. The average molecular weight is 859 g/mol. The molecule has 4 aliphatic rings. The smallest absolute Gasteiger partial charge is 0.260 e. The number of fused-ring (bicyclic) bond motifs is 4. The summed E-state index contributed by atoms with van der Waals surface area (Å²) in [7, 11) is 3.18. The number of phenols is 1. The first-order valence-corrected chi connectivity index (χ1v) is 20.4. The molecule has 6 unspecified atom stereocenters. The number of hydrazine groups is 1. The second-order valence-corrected chi connectivity index (χ2v) is 16.5. The van der Waals surface area contributed by atoms with Gasteiger partial charge in [-0.2, -0.15) is 5.01 Å². The number of anilines is 2. The summed E-state index contributed by atoms with van der Waals surface area (Å²) in [6.45, 7) is 0. The number of allylic oxidation sites excluding steroid dienone is 2. The minimum absolute atomic E-state index is 0.0539. The molecule has 5 aromatic carbocycles. The van der Waals surface area contributed by atoms with Crippen LogP contribution in [0, 0.1) is 29.5 Å². The molecule has 0 aromatic heterocycles. The summed E-state index contributed by atoms with van der Waals surface area (Å²) in [5, 5.41) is 12.0. The molecule has 0 spiro atoms. The predicted octanol–water partition coefficient (Wildman–Crippen LogP) is 9.22. The van der Waals surface area contributed by atoms with Crippen molar-refractivity contribution in [1.29, 1.82) is 0 Å². The second-order valence-electron chi connectivity index (χ2n) is 15.6. The molecule has 0 radical (unpaired) electrons. The molecule has 3 fully saturated rings. The van der Waals surface area contributed by atoms with Crippen LogP contribution in [0.5, 0.6) is 17.2 Å². The predicted molar refractivity (Wildman–Crippen MR) is 230 cm³/mol. The first-order chi connectivity index (χ1) is 29.4. The van der Waals surface area contributed by atoms with Gasteiger partial charge in [0.05, 0.1) is 48.8 Å². The van der Waals surface area contributed by atoms with Crippen molar-refractivity contribution in [3.05, 3.63) is 159 Å². The summed E-state index contributed by atoms with van der Waals surface area (Å²) < 4.78 is 24.8. The Morgan fingerprint density at radius 3 is 2.23 bits per heavy atom. The lowest BCUT2D eigenvalue weighted by atomic mass is 9.49. The fourth-order valence-corrected chi connectivity index (χ4v) is 10.3. The van der Waals surface area contributed by atoms with Crippen LogP contribution in [0.25, 0.3) is 12.2 Å². The number of phenolic OH excluding ortho intramolecular Hbond substituents is 1. The maximum absolute atomic E-state index is 15.3. The molecule has 2 saturated heterocycles. The van der Waals surface area contributed by atoms with Crippen LogP contribution >= 0.6 is 23.2 Å². The molecule has 10 nitrogen and oxygen atoms in total. The fraction of sp³-hybridized carbons (Fsp3) is 0.208. The quantitative estimate of drug-likeness (QED) is 0.0855. The lowest BCUT2D eigenvalue weighted by Crippen LogP contribution is -2.53. The maximum Gasteiger partial charge on any atom is 0.260 e. The molecule has 9 rings (SSSR count). The Bertz CT molecular complexity index is 2670. The van der Waals surface area contributed by atoms with Gasteiger partial charge in [-0.05, 0) is 114 Å². The molecule has 2 N–H and O–H groups in total. The highest BCUT2D eigenvalue weighted by Gasteiger charge is 2.70. The van der Waals surface area contributed by atoms with E-state index in [0.29, 0.717) is 44.6 Å². The Balaban J connectivity index is 1.11. The number of hydrogen-bond acceptors (Lipinski definition) is 8. The van der Waals surface area contributed by atoms with Gasteiger partial charge in [-0.25, -0.2) is 4.39 Å². The number of ether oxygens (including phenoxy) is 2. The number of carbonyl (C=O) groups excluding carboxylic acids is 4. The molecule has 0 bridgehead atoms. The summed E-state index contributed by atoms with van der Waals surface area (Å²) >= 11 is 13.4. The summed E-state index contributed by atoms with van der Waals surface area (Å²) in [5.41, 5.74) is 5.30. The van der Waals surface area contributed by atoms with Gasteiger partial charge < -0.3 is 14.6 Å². The van der Waals surface area contributed by atoms with Crippen molar-refractivity contribution in [1.82, 2.24) is 5.01 Å². The van der Waals surface area contributed by atoms with Gasteiger partial charge in [0.1, 0.15) is 23.1 Å². The summed E-state index contributed by atoms with van der Waals surface area (Å²) in [6.07, 6.45) is 5.96. The average Bonchev–Trinajstić information content (AvgIpc) is 3.64. The number of nitrogens with zero attached hydrogens (tertiary/aromatic N) is 2. The van der Waals surface area contributed by atoms with E-state index >= 15 is 4.79 Å². The standard InChI is InChI=1S/C48H38Cl2FN3O7/c1-60-34-18-22-41(61-2)27(23-34)6-3-26-4-15-32(16-5-26)53-44(56)37-21-20-35-38(42(37)46(53)58)25-39-45(57)54(52-31-13-11-30(51)12-14-31)47(59)48(39,28-7-9-29(49)10-8-28)43(35)36-19-17-33(55)24-40(36)50/h3-20,22-24,37-39,42-43,52,55H,21,25H2,1-2H3. The molecule has 308 valence electrons. The Morgan fingerprint density at radius 1 is 0.803 bits per heavy atom. The van der Waals surface area contributed by atoms with Crippen molar-refractivity contribution in [2.24, 2.45) is 23.7 Å². The highest BCUT2D eigenvalue weighted by molar-refractivity contribution is 6.32. The van der Waals surface area contributed by atoms with Gasteiger partial charge in [0, 0.05) is 21.5 Å². The SMILES string of the molecule is COc1ccc(OC)c(C=Cc2ccc(N3C(=O)C4CC=C5C(CC6C(=O)N(Nc7ccc(F)cc7)C(=O)C6(c6ccc(Cl)cc6)C5c5ccc(O)cc5Cl)C4C3=O)cc2)c1.